The minimum atomic E-state index is -4.61. The Hall–Kier alpha value is -3.63. The quantitative estimate of drug-likeness (QED) is 0.452. The third kappa shape index (κ3) is 7.19. The summed E-state index contributed by atoms with van der Waals surface area (Å²) in [6.45, 7) is 5.94. The number of hydrogen-bond acceptors (Lipinski definition) is 5. The molecule has 0 saturated heterocycles. The van der Waals surface area contributed by atoms with E-state index in [-0.39, 0.29) is 23.8 Å². The number of fused-ring (bicyclic) bond motifs is 1. The molecule has 0 spiro atoms. The third-order valence-corrected chi connectivity index (χ3v) is 4.48. The molecule has 4 N–H and O–H groups in total. The molecule has 178 valence electrons. The highest BCUT2D eigenvalue weighted by Gasteiger charge is 2.34. The average molecular weight is 464 g/mol. The van der Waals surface area contributed by atoms with Crippen LogP contribution in [0, 0.1) is 0 Å². The monoisotopic (exact) mass is 464 g/mol. The van der Waals surface area contributed by atoms with Gasteiger partial charge in [0.2, 0.25) is 11.8 Å². The number of unbranched alkanes of at least 4 members (excludes halogenated alkanes) is 1. The van der Waals surface area contributed by atoms with Gasteiger partial charge in [0.1, 0.15) is 11.5 Å². The number of nitrogens with one attached hydrogen (secondary N) is 2. The van der Waals surface area contributed by atoms with Crippen molar-refractivity contribution in [1.82, 2.24) is 19.7 Å². The first-order valence-corrected chi connectivity index (χ1v) is 10.5. The Kier molecular flexibility index (Phi) is 8.78. The number of amides is 2. The molecule has 3 aromatic heterocycles. The lowest BCUT2D eigenvalue weighted by atomic mass is 10.1. The number of nitrogen functional groups attached to an aromatic ring is 1. The number of aromatic nitrogens is 3. The zero-order valence-corrected chi connectivity index (χ0v) is 18.7. The second-order valence-electron chi connectivity index (χ2n) is 6.95. The average Bonchev–Trinajstić information content (AvgIpc) is 3.15. The molecular weight excluding hydrogens is 437 g/mol. The predicted octanol–water partition coefficient (Wildman–Crippen LogP) is 4.27. The van der Waals surface area contributed by atoms with Gasteiger partial charge in [-0.2, -0.15) is 13.2 Å². The second-order valence-corrected chi connectivity index (χ2v) is 6.95. The molecule has 0 radical (unpaired) electrons. The minimum Gasteiger partial charge on any atom is -0.383 e. The van der Waals surface area contributed by atoms with E-state index < -0.39 is 17.6 Å². The van der Waals surface area contributed by atoms with Gasteiger partial charge in [-0.05, 0) is 31.0 Å². The van der Waals surface area contributed by atoms with Crippen LogP contribution >= 0.6 is 0 Å². The fourth-order valence-corrected chi connectivity index (χ4v) is 2.96. The molecular formula is C22H27F3N6O2. The molecule has 0 bridgehead atoms. The summed E-state index contributed by atoms with van der Waals surface area (Å²) in [5.74, 6) is -0.584. The molecule has 3 aromatic rings. The normalized spacial score (nSPS) is 11.0. The number of halogens is 3. The second kappa shape index (κ2) is 11.3. The van der Waals surface area contributed by atoms with Gasteiger partial charge in [-0.25, -0.2) is 9.97 Å². The van der Waals surface area contributed by atoms with Crippen molar-refractivity contribution in [2.24, 2.45) is 0 Å². The SMILES string of the molecule is CC.CC(=O)NCCCCC(=O)Nc1cn2cc(-c3cnc(N)c(C(F)(F)F)c3)ccc2n1. The number of pyridine rings is 2. The number of alkyl halides is 3. The van der Waals surface area contributed by atoms with Crippen molar-refractivity contribution in [3.63, 3.8) is 0 Å². The maximum absolute atomic E-state index is 13.1. The van der Waals surface area contributed by atoms with Gasteiger partial charge < -0.3 is 20.8 Å². The Morgan fingerprint density at radius 1 is 1.12 bits per heavy atom. The van der Waals surface area contributed by atoms with Crippen LogP contribution in [0.25, 0.3) is 16.8 Å². The predicted molar refractivity (Wildman–Crippen MR) is 120 cm³/mol. The summed E-state index contributed by atoms with van der Waals surface area (Å²) < 4.78 is 40.9. The third-order valence-electron chi connectivity index (χ3n) is 4.48. The van der Waals surface area contributed by atoms with E-state index in [9.17, 15) is 22.8 Å². The molecule has 0 aliphatic carbocycles. The zero-order chi connectivity index (χ0) is 24.6. The van der Waals surface area contributed by atoms with Gasteiger partial charge >= 0.3 is 6.18 Å². The topological polar surface area (TPSA) is 114 Å². The number of rotatable bonds is 7. The van der Waals surface area contributed by atoms with Gasteiger partial charge in [-0.15, -0.1) is 0 Å². The van der Waals surface area contributed by atoms with Crippen LogP contribution in [-0.4, -0.2) is 32.7 Å². The summed E-state index contributed by atoms with van der Waals surface area (Å²) in [5.41, 5.74) is 5.61. The lowest BCUT2D eigenvalue weighted by molar-refractivity contribution is -0.137. The van der Waals surface area contributed by atoms with E-state index in [0.29, 0.717) is 36.4 Å². The van der Waals surface area contributed by atoms with Crippen LogP contribution in [0.4, 0.5) is 24.8 Å². The number of anilines is 2. The standard InChI is InChI=1S/C20H21F3N6O2.C2H6/c1-12(30)25-7-3-2-4-18(31)28-16-11-29-10-13(5-6-17(29)27-16)14-8-15(20(21,22)23)19(24)26-9-14;1-2/h5-6,8-11H,2-4,7H2,1H3,(H2,24,26)(H,25,30)(H,28,31);1-2H3. The Balaban J connectivity index is 0.00000187. The molecule has 3 heterocycles. The first-order valence-electron chi connectivity index (χ1n) is 10.5. The first kappa shape index (κ1) is 25.6. The summed E-state index contributed by atoms with van der Waals surface area (Å²) in [6.07, 6.45) is 1.39. The van der Waals surface area contributed by atoms with Gasteiger partial charge in [0.05, 0.1) is 11.8 Å². The molecule has 0 aliphatic heterocycles. The number of carbonyl (C=O) groups is 2. The van der Waals surface area contributed by atoms with Crippen LogP contribution in [0.15, 0.2) is 36.8 Å². The van der Waals surface area contributed by atoms with Gasteiger partial charge in [-0.3, -0.25) is 9.59 Å². The molecule has 8 nitrogen and oxygen atoms in total. The molecule has 0 fully saturated rings. The number of nitrogens with two attached hydrogens (primary N) is 1. The molecule has 0 aliphatic rings. The van der Waals surface area contributed by atoms with Crippen molar-refractivity contribution in [1.29, 1.82) is 0 Å². The van der Waals surface area contributed by atoms with Crippen molar-refractivity contribution in [2.75, 3.05) is 17.6 Å². The molecule has 3 rings (SSSR count). The van der Waals surface area contributed by atoms with Crippen LogP contribution in [0.1, 0.15) is 45.6 Å². The van der Waals surface area contributed by atoms with E-state index in [1.165, 1.54) is 13.1 Å². The highest BCUT2D eigenvalue weighted by atomic mass is 19.4. The fraction of sp³-hybridized carbons (Fsp3) is 0.364. The van der Waals surface area contributed by atoms with Gasteiger partial charge in [0.15, 0.2) is 5.82 Å². The number of carbonyl (C=O) groups excluding carboxylic acids is 2. The highest BCUT2D eigenvalue weighted by molar-refractivity contribution is 5.90. The maximum Gasteiger partial charge on any atom is 0.419 e. The van der Waals surface area contributed by atoms with Crippen LogP contribution in [0.3, 0.4) is 0 Å². The van der Waals surface area contributed by atoms with E-state index in [2.05, 4.69) is 20.6 Å². The van der Waals surface area contributed by atoms with Crippen LogP contribution < -0.4 is 16.4 Å². The van der Waals surface area contributed by atoms with Crippen LogP contribution in [0.2, 0.25) is 0 Å². The molecule has 0 unspecified atom stereocenters. The van der Waals surface area contributed by atoms with E-state index in [4.69, 9.17) is 5.73 Å². The molecule has 0 aromatic carbocycles. The smallest absolute Gasteiger partial charge is 0.383 e. The lowest BCUT2D eigenvalue weighted by Gasteiger charge is -2.11. The Morgan fingerprint density at radius 3 is 2.52 bits per heavy atom. The summed E-state index contributed by atoms with van der Waals surface area (Å²) >= 11 is 0. The summed E-state index contributed by atoms with van der Waals surface area (Å²) in [7, 11) is 0. The molecule has 0 saturated carbocycles. The largest absolute Gasteiger partial charge is 0.419 e. The summed E-state index contributed by atoms with van der Waals surface area (Å²) in [4.78, 5) is 30.8. The Morgan fingerprint density at radius 2 is 1.85 bits per heavy atom. The summed E-state index contributed by atoms with van der Waals surface area (Å²) in [5, 5.41) is 5.35. The number of nitrogens with zero attached hydrogens (tertiary/aromatic N) is 3. The van der Waals surface area contributed by atoms with E-state index in [1.807, 2.05) is 13.8 Å². The molecule has 11 heteroatoms. The Bertz CT molecular complexity index is 1110. The Labute approximate surface area is 189 Å². The number of hydrogen-bond donors (Lipinski definition) is 3. The van der Waals surface area contributed by atoms with Crippen molar-refractivity contribution >= 4 is 29.1 Å². The maximum atomic E-state index is 13.1. The van der Waals surface area contributed by atoms with Crippen LogP contribution in [-0.2, 0) is 15.8 Å². The minimum absolute atomic E-state index is 0.113. The van der Waals surface area contributed by atoms with Gasteiger partial charge in [0.25, 0.3) is 0 Å². The highest BCUT2D eigenvalue weighted by Crippen LogP contribution is 2.35. The van der Waals surface area contributed by atoms with E-state index in [1.54, 1.807) is 28.9 Å². The summed E-state index contributed by atoms with van der Waals surface area (Å²) in [6, 6.07) is 4.19. The van der Waals surface area contributed by atoms with Crippen molar-refractivity contribution < 1.29 is 22.8 Å². The van der Waals surface area contributed by atoms with Gasteiger partial charge in [-0.1, -0.05) is 13.8 Å². The molecule has 0 atom stereocenters. The van der Waals surface area contributed by atoms with E-state index in [0.717, 1.165) is 6.07 Å². The van der Waals surface area contributed by atoms with Crippen LogP contribution in [0.5, 0.6) is 0 Å². The number of imidazole rings is 1. The van der Waals surface area contributed by atoms with Gasteiger partial charge in [0, 0.05) is 43.4 Å². The fourth-order valence-electron chi connectivity index (χ4n) is 2.96. The molecule has 2 amide bonds. The van der Waals surface area contributed by atoms with Crippen molar-refractivity contribution in [3.8, 4) is 11.1 Å². The van der Waals surface area contributed by atoms with Crippen molar-refractivity contribution in [2.45, 2.75) is 46.2 Å². The molecule has 33 heavy (non-hydrogen) atoms. The zero-order valence-electron chi connectivity index (χ0n) is 18.7. The lowest BCUT2D eigenvalue weighted by Crippen LogP contribution is -2.21. The first-order chi connectivity index (χ1) is 15.6. The van der Waals surface area contributed by atoms with E-state index >= 15 is 0 Å². The van der Waals surface area contributed by atoms with Crippen molar-refractivity contribution in [3.05, 3.63) is 42.4 Å².